The van der Waals surface area contributed by atoms with Gasteiger partial charge in [0.05, 0.1) is 5.54 Å². The molecule has 17 heavy (non-hydrogen) atoms. The maximum Gasteiger partial charge on any atom is 0.0539 e. The van der Waals surface area contributed by atoms with E-state index in [0.29, 0.717) is 11.8 Å². The normalized spacial score (nSPS) is 34.2. The lowest BCUT2D eigenvalue weighted by Crippen LogP contribution is -2.50. The Morgan fingerprint density at radius 2 is 2.12 bits per heavy atom. The summed E-state index contributed by atoms with van der Waals surface area (Å²) in [6.07, 6.45) is 3.77. The molecule has 1 nitrogen and oxygen atoms in total. The third-order valence-electron chi connectivity index (χ3n) is 4.41. The highest BCUT2D eigenvalue weighted by atomic mass is 32.1. The molecule has 3 unspecified atom stereocenters. The summed E-state index contributed by atoms with van der Waals surface area (Å²) in [5.41, 5.74) is 8.18. The minimum absolute atomic E-state index is 0.0793. The van der Waals surface area contributed by atoms with Crippen molar-refractivity contribution in [3.8, 4) is 0 Å². The second-order valence-corrected chi connectivity index (χ2v) is 7.13. The molecule has 0 radical (unpaired) electrons. The fourth-order valence-corrected chi connectivity index (χ4v) is 4.71. The third kappa shape index (κ3) is 2.30. The van der Waals surface area contributed by atoms with Crippen molar-refractivity contribution in [2.45, 2.75) is 52.5 Å². The molecule has 0 amide bonds. The van der Waals surface area contributed by atoms with Crippen LogP contribution in [0.4, 0.5) is 0 Å². The highest BCUT2D eigenvalue weighted by molar-refractivity contribution is 7.10. The van der Waals surface area contributed by atoms with Crippen LogP contribution in [0.2, 0.25) is 0 Å². The molecule has 0 bridgehead atoms. The smallest absolute Gasteiger partial charge is 0.0539 e. The van der Waals surface area contributed by atoms with E-state index in [1.165, 1.54) is 23.3 Å². The van der Waals surface area contributed by atoms with Crippen LogP contribution in [0.15, 0.2) is 11.4 Å². The van der Waals surface area contributed by atoms with E-state index in [9.17, 15) is 0 Å². The molecule has 1 heterocycles. The van der Waals surface area contributed by atoms with Crippen LogP contribution >= 0.6 is 11.3 Å². The predicted molar refractivity (Wildman–Crippen MR) is 76.3 cm³/mol. The van der Waals surface area contributed by atoms with Gasteiger partial charge in [0.2, 0.25) is 0 Å². The average molecular weight is 251 g/mol. The first-order valence-electron chi connectivity index (χ1n) is 6.78. The fourth-order valence-electron chi connectivity index (χ4n) is 3.59. The number of thiophene rings is 1. The molecule has 1 aromatic heterocycles. The summed E-state index contributed by atoms with van der Waals surface area (Å²) in [6, 6.07) is 2.21. The quantitative estimate of drug-likeness (QED) is 0.833. The van der Waals surface area contributed by atoms with Gasteiger partial charge in [-0.2, -0.15) is 0 Å². The largest absolute Gasteiger partial charge is 0.320 e. The summed E-state index contributed by atoms with van der Waals surface area (Å²) < 4.78 is 0. The lowest BCUT2D eigenvalue weighted by molar-refractivity contribution is 0.111. The van der Waals surface area contributed by atoms with Gasteiger partial charge in [-0.1, -0.05) is 27.2 Å². The number of aryl methyl sites for hydroxylation is 1. The van der Waals surface area contributed by atoms with Crippen molar-refractivity contribution >= 4 is 11.3 Å². The predicted octanol–water partition coefficient (Wildman–Crippen LogP) is 4.30. The molecule has 0 saturated heterocycles. The van der Waals surface area contributed by atoms with E-state index in [-0.39, 0.29) is 5.54 Å². The first-order chi connectivity index (χ1) is 7.95. The third-order valence-corrected chi connectivity index (χ3v) is 5.62. The van der Waals surface area contributed by atoms with Crippen LogP contribution in [0, 0.1) is 24.7 Å². The Hall–Kier alpha value is -0.340. The highest BCUT2D eigenvalue weighted by Gasteiger charge is 2.43. The molecule has 1 aromatic rings. The van der Waals surface area contributed by atoms with Gasteiger partial charge < -0.3 is 5.73 Å². The molecule has 1 aliphatic carbocycles. The van der Waals surface area contributed by atoms with Crippen molar-refractivity contribution < 1.29 is 0 Å². The first-order valence-corrected chi connectivity index (χ1v) is 7.66. The van der Waals surface area contributed by atoms with Crippen molar-refractivity contribution in [2.75, 3.05) is 0 Å². The number of hydrogen-bond acceptors (Lipinski definition) is 2. The van der Waals surface area contributed by atoms with Gasteiger partial charge in [0, 0.05) is 4.88 Å². The van der Waals surface area contributed by atoms with E-state index >= 15 is 0 Å². The summed E-state index contributed by atoms with van der Waals surface area (Å²) in [5, 5.41) is 2.19. The topological polar surface area (TPSA) is 26.0 Å². The van der Waals surface area contributed by atoms with E-state index in [1.54, 1.807) is 0 Å². The van der Waals surface area contributed by atoms with E-state index < -0.39 is 0 Å². The van der Waals surface area contributed by atoms with Crippen LogP contribution in [0.5, 0.6) is 0 Å². The second kappa shape index (κ2) is 4.74. The van der Waals surface area contributed by atoms with Gasteiger partial charge in [-0.25, -0.2) is 0 Å². The molecule has 0 spiro atoms. The monoisotopic (exact) mass is 251 g/mol. The zero-order valence-corrected chi connectivity index (χ0v) is 12.3. The second-order valence-electron chi connectivity index (χ2n) is 6.21. The summed E-state index contributed by atoms with van der Waals surface area (Å²) in [6.45, 7) is 9.20. The van der Waals surface area contributed by atoms with E-state index in [1.807, 2.05) is 11.3 Å². The first kappa shape index (κ1) is 13.1. The van der Waals surface area contributed by atoms with Gasteiger partial charge in [-0.15, -0.1) is 11.3 Å². The lowest BCUT2D eigenvalue weighted by atomic mass is 9.64. The molecule has 3 atom stereocenters. The van der Waals surface area contributed by atoms with Crippen molar-refractivity contribution in [1.29, 1.82) is 0 Å². The van der Waals surface area contributed by atoms with Gasteiger partial charge in [0.1, 0.15) is 0 Å². The Kier molecular flexibility index (Phi) is 3.65. The molecule has 2 N–H and O–H groups in total. The summed E-state index contributed by atoms with van der Waals surface area (Å²) in [5.74, 6) is 2.07. The molecule has 1 fully saturated rings. The Balaban J connectivity index is 2.39. The van der Waals surface area contributed by atoms with Crippen LogP contribution in [-0.2, 0) is 5.54 Å². The van der Waals surface area contributed by atoms with Gasteiger partial charge >= 0.3 is 0 Å². The Morgan fingerprint density at radius 1 is 1.41 bits per heavy atom. The van der Waals surface area contributed by atoms with Gasteiger partial charge in [-0.3, -0.25) is 0 Å². The Labute approximate surface area is 109 Å². The minimum Gasteiger partial charge on any atom is -0.320 e. The van der Waals surface area contributed by atoms with Crippen LogP contribution in [-0.4, -0.2) is 0 Å². The molecule has 1 aliphatic rings. The van der Waals surface area contributed by atoms with Crippen molar-refractivity contribution in [3.05, 3.63) is 21.9 Å². The molecule has 2 heteroatoms. The molecule has 0 aromatic carbocycles. The molecule has 96 valence electrons. The van der Waals surface area contributed by atoms with Gasteiger partial charge in [0.15, 0.2) is 0 Å². The number of rotatable bonds is 2. The average Bonchev–Trinajstić information content (AvgIpc) is 2.64. The van der Waals surface area contributed by atoms with Crippen molar-refractivity contribution in [2.24, 2.45) is 23.5 Å². The molecule has 0 aliphatic heterocycles. The van der Waals surface area contributed by atoms with Crippen molar-refractivity contribution in [1.82, 2.24) is 0 Å². The maximum absolute atomic E-state index is 6.87. The molecular weight excluding hydrogens is 226 g/mol. The van der Waals surface area contributed by atoms with Crippen LogP contribution in [0.3, 0.4) is 0 Å². The minimum atomic E-state index is -0.0793. The summed E-state index contributed by atoms with van der Waals surface area (Å²) in [7, 11) is 0. The number of nitrogens with two attached hydrogens (primary N) is 1. The summed E-state index contributed by atoms with van der Waals surface area (Å²) >= 11 is 1.85. The molecule has 2 rings (SSSR count). The summed E-state index contributed by atoms with van der Waals surface area (Å²) in [4.78, 5) is 1.43. The standard InChI is InChI=1S/C15H25NS/c1-10(2)13-6-5-11(3)9-15(13,16)14-12(4)7-8-17-14/h7-8,10-11,13H,5-6,9,16H2,1-4H3. The van der Waals surface area contributed by atoms with E-state index in [2.05, 4.69) is 39.1 Å². The van der Waals surface area contributed by atoms with E-state index in [4.69, 9.17) is 5.73 Å². The van der Waals surface area contributed by atoms with Gasteiger partial charge in [-0.05, 0) is 54.5 Å². The van der Waals surface area contributed by atoms with Gasteiger partial charge in [0.25, 0.3) is 0 Å². The maximum atomic E-state index is 6.87. The highest BCUT2D eigenvalue weighted by Crippen LogP contribution is 2.47. The van der Waals surface area contributed by atoms with Crippen LogP contribution in [0.25, 0.3) is 0 Å². The number of hydrogen-bond donors (Lipinski definition) is 1. The zero-order chi connectivity index (χ0) is 12.6. The van der Waals surface area contributed by atoms with Crippen LogP contribution in [0.1, 0.15) is 50.5 Å². The molecular formula is C15H25NS. The molecule has 1 saturated carbocycles. The van der Waals surface area contributed by atoms with Crippen LogP contribution < -0.4 is 5.73 Å². The van der Waals surface area contributed by atoms with Crippen molar-refractivity contribution in [3.63, 3.8) is 0 Å². The fraction of sp³-hybridized carbons (Fsp3) is 0.733. The Bertz CT molecular complexity index is 382. The Morgan fingerprint density at radius 3 is 2.65 bits per heavy atom. The lowest BCUT2D eigenvalue weighted by Gasteiger charge is -2.46. The van der Waals surface area contributed by atoms with E-state index in [0.717, 1.165) is 12.3 Å². The SMILES string of the molecule is Cc1ccsc1C1(N)CC(C)CCC1C(C)C. The zero-order valence-electron chi connectivity index (χ0n) is 11.5.